The highest BCUT2D eigenvalue weighted by molar-refractivity contribution is 7.89. The first-order valence-electron chi connectivity index (χ1n) is 7.65. The molecule has 11 nitrogen and oxygen atoms in total. The number of hydrogen-bond donors (Lipinski definition) is 4. The summed E-state index contributed by atoms with van der Waals surface area (Å²) in [5.41, 5.74) is -0.379. The molecule has 0 aliphatic carbocycles. The summed E-state index contributed by atoms with van der Waals surface area (Å²) in [5, 5.41) is 27.0. The van der Waals surface area contributed by atoms with Gasteiger partial charge >= 0.3 is 0 Å². The molecule has 0 bridgehead atoms. The van der Waals surface area contributed by atoms with E-state index in [1.165, 1.54) is 0 Å². The lowest BCUT2D eigenvalue weighted by atomic mass is 10.2. The van der Waals surface area contributed by atoms with Crippen LogP contribution in [0.15, 0.2) is 45.9 Å². The molecule has 1 heterocycles. The molecule has 0 aliphatic rings. The molecule has 30 heavy (non-hydrogen) atoms. The maximum Gasteiger partial charge on any atom is 0.274 e. The van der Waals surface area contributed by atoms with Crippen LogP contribution in [0.5, 0.6) is 17.2 Å². The minimum Gasteiger partial charge on any atom is -0.768 e. The van der Waals surface area contributed by atoms with Crippen molar-refractivity contribution in [1.29, 1.82) is 5.26 Å². The van der Waals surface area contributed by atoms with E-state index in [4.69, 9.17) is 9.68 Å². The van der Waals surface area contributed by atoms with Crippen molar-refractivity contribution >= 4 is 28.6 Å². The number of nitriles is 1. The third-order valence-electron chi connectivity index (χ3n) is 3.61. The van der Waals surface area contributed by atoms with Crippen LogP contribution in [-0.2, 0) is 14.6 Å². The van der Waals surface area contributed by atoms with Gasteiger partial charge in [0.15, 0.2) is 19.1 Å². The molecule has 3 rings (SSSR count). The molecular formula is C16H15FN3O8PS. The van der Waals surface area contributed by atoms with E-state index in [1.807, 2.05) is 0 Å². The first-order valence-corrected chi connectivity index (χ1v) is 10.9. The number of halogens is 1. The van der Waals surface area contributed by atoms with Gasteiger partial charge in [0.2, 0.25) is 5.09 Å². The molecular weight excluding hydrogens is 444 g/mol. The highest BCUT2D eigenvalue weighted by Gasteiger charge is 2.23. The van der Waals surface area contributed by atoms with Gasteiger partial charge in [-0.05, 0) is 18.2 Å². The third kappa shape index (κ3) is 4.88. The van der Waals surface area contributed by atoms with Crippen molar-refractivity contribution in [3.63, 3.8) is 0 Å². The summed E-state index contributed by atoms with van der Waals surface area (Å²) >= 11 is 0. The van der Waals surface area contributed by atoms with Gasteiger partial charge in [-0.15, -0.1) is 0 Å². The molecule has 0 fully saturated rings. The number of phenols is 2. The predicted octanol–water partition coefficient (Wildman–Crippen LogP) is 2.10. The number of sulfonamides is 1. The van der Waals surface area contributed by atoms with Gasteiger partial charge in [0, 0.05) is 23.6 Å². The van der Waals surface area contributed by atoms with Crippen molar-refractivity contribution < 1.29 is 41.4 Å². The first kappa shape index (κ1) is 23.1. The summed E-state index contributed by atoms with van der Waals surface area (Å²) in [6.45, 7) is 0. The van der Waals surface area contributed by atoms with E-state index < -0.39 is 52.1 Å². The first-order chi connectivity index (χ1) is 13.5. The largest absolute Gasteiger partial charge is 0.768 e. The van der Waals surface area contributed by atoms with Crippen LogP contribution < -0.4 is 20.3 Å². The van der Waals surface area contributed by atoms with Crippen molar-refractivity contribution in [1.82, 2.24) is 10.9 Å². The summed E-state index contributed by atoms with van der Waals surface area (Å²) in [6, 6.07) is 7.35. The molecule has 2 aromatic carbocycles. The van der Waals surface area contributed by atoms with E-state index in [1.54, 1.807) is 10.8 Å². The molecule has 0 spiro atoms. The van der Waals surface area contributed by atoms with Gasteiger partial charge in [0.1, 0.15) is 23.2 Å². The number of fused-ring (bicyclic) bond motifs is 1. The standard InChI is InChI=1S/C16H12FN2O8PS.H3N/c17-12-5-11(2-1-9(12)7-18)27-28(22,23)8-19-29(24,25)16-4-10-3-13(20)14(21)6-15(10)26-16;/h1-6,19-21H,8H2,(H,22,23);1H3. The minimum absolute atomic E-state index is 0. The third-order valence-corrected chi connectivity index (χ3v) is 6.11. The lowest BCUT2D eigenvalue weighted by Gasteiger charge is -2.24. The molecule has 7 N–H and O–H groups in total. The van der Waals surface area contributed by atoms with Gasteiger partial charge in [0.25, 0.3) is 10.0 Å². The number of quaternary nitrogens is 1. The molecule has 160 valence electrons. The average molecular weight is 459 g/mol. The molecule has 1 aromatic heterocycles. The summed E-state index contributed by atoms with van der Waals surface area (Å²) in [7, 11) is -9.28. The summed E-state index contributed by atoms with van der Waals surface area (Å²) in [4.78, 5) is 12.0. The number of aromatic hydroxyl groups is 2. The molecule has 0 amide bonds. The summed E-state index contributed by atoms with van der Waals surface area (Å²) in [5.74, 6) is -2.47. The smallest absolute Gasteiger partial charge is 0.274 e. The number of benzene rings is 2. The lowest BCUT2D eigenvalue weighted by Crippen LogP contribution is -2.28. The minimum atomic E-state index is -4.84. The molecule has 0 saturated heterocycles. The van der Waals surface area contributed by atoms with Crippen LogP contribution >= 0.6 is 7.60 Å². The van der Waals surface area contributed by atoms with E-state index in [0.29, 0.717) is 6.07 Å². The molecule has 3 aromatic rings. The van der Waals surface area contributed by atoms with E-state index >= 15 is 0 Å². The van der Waals surface area contributed by atoms with Gasteiger partial charge in [-0.3, -0.25) is 4.57 Å². The number of nitrogens with one attached hydrogen (secondary N) is 1. The Morgan fingerprint density at radius 2 is 1.90 bits per heavy atom. The van der Waals surface area contributed by atoms with Crippen LogP contribution in [0.2, 0.25) is 0 Å². The Morgan fingerprint density at radius 1 is 1.23 bits per heavy atom. The van der Waals surface area contributed by atoms with Crippen LogP contribution in [0.1, 0.15) is 5.56 Å². The van der Waals surface area contributed by atoms with Crippen molar-refractivity contribution in [2.24, 2.45) is 0 Å². The zero-order valence-corrected chi connectivity index (χ0v) is 16.9. The number of hydrogen-bond acceptors (Lipinski definition) is 9. The second-order valence-electron chi connectivity index (χ2n) is 5.71. The fraction of sp³-hybridized carbons (Fsp3) is 0.0625. The molecule has 14 heteroatoms. The normalized spacial score (nSPS) is 13.2. The van der Waals surface area contributed by atoms with Crippen LogP contribution in [0, 0.1) is 17.1 Å². The van der Waals surface area contributed by atoms with Gasteiger partial charge in [0.05, 0.1) is 11.8 Å². The van der Waals surface area contributed by atoms with E-state index in [0.717, 1.165) is 30.3 Å². The Morgan fingerprint density at radius 3 is 2.53 bits per heavy atom. The highest BCUT2D eigenvalue weighted by Crippen LogP contribution is 2.38. The summed E-state index contributed by atoms with van der Waals surface area (Å²) < 4.78 is 61.5. The van der Waals surface area contributed by atoms with E-state index in [-0.39, 0.29) is 22.7 Å². The Balaban J connectivity index is 0.00000320. The van der Waals surface area contributed by atoms with Crippen LogP contribution in [0.4, 0.5) is 4.39 Å². The van der Waals surface area contributed by atoms with Crippen molar-refractivity contribution in [2.45, 2.75) is 5.09 Å². The molecule has 1 atom stereocenters. The van der Waals surface area contributed by atoms with Crippen molar-refractivity contribution in [2.75, 3.05) is 6.29 Å². The van der Waals surface area contributed by atoms with E-state index in [9.17, 15) is 32.5 Å². The number of rotatable bonds is 6. The predicted molar refractivity (Wildman–Crippen MR) is 100 cm³/mol. The second kappa shape index (κ2) is 8.31. The molecule has 0 radical (unpaired) electrons. The monoisotopic (exact) mass is 459 g/mol. The molecule has 0 aliphatic heterocycles. The average Bonchev–Trinajstić information content (AvgIpc) is 3.04. The van der Waals surface area contributed by atoms with Gasteiger partial charge in [-0.2, -0.15) is 9.98 Å². The lowest BCUT2D eigenvalue weighted by molar-refractivity contribution is -0.191. The summed E-state index contributed by atoms with van der Waals surface area (Å²) in [6.07, 6.45) is -1.18. The fourth-order valence-electron chi connectivity index (χ4n) is 2.24. The quantitative estimate of drug-likeness (QED) is 0.313. The SMILES string of the molecule is N#Cc1ccc(OP(=O)([O-])CNS(=O)(=O)c2cc3cc(O)c(O)cc3o2)cc1F.[NH4+]. The Kier molecular flexibility index (Phi) is 6.41. The zero-order valence-electron chi connectivity index (χ0n) is 15.2. The topological polar surface area (TPSA) is 209 Å². The Labute approximate surface area is 169 Å². The van der Waals surface area contributed by atoms with E-state index in [2.05, 4.69) is 4.52 Å². The van der Waals surface area contributed by atoms with Crippen LogP contribution in [-0.4, -0.2) is 24.9 Å². The highest BCUT2D eigenvalue weighted by atomic mass is 32.2. The van der Waals surface area contributed by atoms with Gasteiger partial charge < -0.3 is 30.2 Å². The number of furan rings is 1. The zero-order chi connectivity index (χ0) is 21.4. The molecule has 1 unspecified atom stereocenters. The van der Waals surface area contributed by atoms with Gasteiger partial charge in [-0.25, -0.2) is 12.8 Å². The Hall–Kier alpha value is -3.14. The van der Waals surface area contributed by atoms with Crippen molar-refractivity contribution in [3.8, 4) is 23.3 Å². The van der Waals surface area contributed by atoms with Crippen molar-refractivity contribution in [3.05, 3.63) is 47.8 Å². The maximum absolute atomic E-state index is 13.5. The van der Waals surface area contributed by atoms with Crippen LogP contribution in [0.25, 0.3) is 11.0 Å². The van der Waals surface area contributed by atoms with Crippen LogP contribution in [0.3, 0.4) is 0 Å². The fourth-order valence-corrected chi connectivity index (χ4v) is 4.68. The Bertz CT molecular complexity index is 1260. The second-order valence-corrected chi connectivity index (χ2v) is 9.12. The number of phenolic OH excluding ortho intramolecular Hbond substituents is 2. The number of nitrogens with zero attached hydrogens (tertiary/aromatic N) is 1. The maximum atomic E-state index is 13.5. The van der Waals surface area contributed by atoms with Gasteiger partial charge in [-0.1, -0.05) is 0 Å². The molecule has 0 saturated carbocycles.